The number of piperidine rings is 1. The summed E-state index contributed by atoms with van der Waals surface area (Å²) in [5.41, 5.74) is 1.32. The van der Waals surface area contributed by atoms with Crippen LogP contribution < -0.4 is 16.0 Å². The molecule has 5 rings (SSSR count). The Bertz CT molecular complexity index is 1330. The molecule has 0 unspecified atom stereocenters. The van der Waals surface area contributed by atoms with Crippen molar-refractivity contribution < 1.29 is 23.9 Å². The van der Waals surface area contributed by atoms with E-state index >= 15 is 0 Å². The standard InChI is InChI=1S/C35H44N4O5/c1-25(40)36-31(23-27-12-6-3-7-13-27)33(42)39-19-15-29-28(24-39)14-8-9-16-35(17-20-44-21-18-35)34(43)38-30(32(41)37-29)22-26-10-4-2-5-11-26/h2-13,28-31H,14-24H2,1H3,(H,36,40)(H,37,41)(H,38,43)/b9-8+/t28-,29+,30+,31-/m1/s1. The second-order valence-corrected chi connectivity index (χ2v) is 12.4. The number of ether oxygens (including phenoxy) is 1. The summed E-state index contributed by atoms with van der Waals surface area (Å²) in [6.07, 6.45) is 8.01. The quantitative estimate of drug-likeness (QED) is 0.441. The monoisotopic (exact) mass is 600 g/mol. The summed E-state index contributed by atoms with van der Waals surface area (Å²) in [5.74, 6) is -0.672. The summed E-state index contributed by atoms with van der Waals surface area (Å²) in [5, 5.41) is 9.25. The van der Waals surface area contributed by atoms with E-state index in [1.807, 2.05) is 65.6 Å². The predicted octanol–water partition coefficient (Wildman–Crippen LogP) is 2.94. The Morgan fingerprint density at radius 2 is 1.66 bits per heavy atom. The molecule has 3 heterocycles. The molecule has 44 heavy (non-hydrogen) atoms. The van der Waals surface area contributed by atoms with Crippen LogP contribution in [-0.2, 0) is 36.8 Å². The third-order valence-electron chi connectivity index (χ3n) is 9.28. The van der Waals surface area contributed by atoms with Crippen LogP contribution in [0.3, 0.4) is 0 Å². The second-order valence-electron chi connectivity index (χ2n) is 12.4. The van der Waals surface area contributed by atoms with Crippen LogP contribution in [0.5, 0.6) is 0 Å². The van der Waals surface area contributed by atoms with Gasteiger partial charge in [-0.05, 0) is 43.2 Å². The Morgan fingerprint density at radius 3 is 2.34 bits per heavy atom. The van der Waals surface area contributed by atoms with Crippen LogP contribution in [0.25, 0.3) is 0 Å². The largest absolute Gasteiger partial charge is 0.381 e. The molecule has 0 aromatic heterocycles. The highest BCUT2D eigenvalue weighted by Crippen LogP contribution is 2.36. The number of nitrogens with one attached hydrogen (secondary N) is 3. The maximum absolute atomic E-state index is 13.9. The molecule has 9 nitrogen and oxygen atoms in total. The van der Waals surface area contributed by atoms with Crippen molar-refractivity contribution in [2.75, 3.05) is 26.3 Å². The number of hydrogen-bond donors (Lipinski definition) is 3. The fraction of sp³-hybridized carbons (Fsp3) is 0.486. The van der Waals surface area contributed by atoms with Gasteiger partial charge in [0, 0.05) is 58.0 Å². The van der Waals surface area contributed by atoms with E-state index in [4.69, 9.17) is 4.74 Å². The molecule has 0 bridgehead atoms. The number of rotatable bonds is 6. The first-order chi connectivity index (χ1) is 21.3. The van der Waals surface area contributed by atoms with Crippen molar-refractivity contribution in [1.82, 2.24) is 20.9 Å². The summed E-state index contributed by atoms with van der Waals surface area (Å²) < 4.78 is 5.60. The van der Waals surface area contributed by atoms with Gasteiger partial charge in [-0.15, -0.1) is 0 Å². The minimum Gasteiger partial charge on any atom is -0.381 e. The minimum absolute atomic E-state index is 0.0132. The van der Waals surface area contributed by atoms with Gasteiger partial charge in [0.15, 0.2) is 0 Å². The molecule has 0 radical (unpaired) electrons. The van der Waals surface area contributed by atoms with Crippen LogP contribution in [0, 0.1) is 11.3 Å². The number of amides is 4. The Hall–Kier alpha value is -3.98. The van der Waals surface area contributed by atoms with Crippen LogP contribution in [0.2, 0.25) is 0 Å². The number of allylic oxidation sites excluding steroid dienone is 2. The number of carbonyl (C=O) groups is 4. The Labute approximate surface area is 259 Å². The van der Waals surface area contributed by atoms with Crippen LogP contribution >= 0.6 is 0 Å². The van der Waals surface area contributed by atoms with Gasteiger partial charge in [0.05, 0.1) is 5.41 Å². The third kappa shape index (κ3) is 7.94. The number of nitrogens with zero attached hydrogens (tertiary/aromatic N) is 1. The summed E-state index contributed by atoms with van der Waals surface area (Å²) in [6, 6.07) is 17.9. The molecule has 0 aliphatic carbocycles. The Balaban J connectivity index is 1.36. The van der Waals surface area contributed by atoms with Gasteiger partial charge in [0.2, 0.25) is 23.6 Å². The maximum atomic E-state index is 13.9. The molecule has 4 atom stereocenters. The van der Waals surface area contributed by atoms with E-state index in [1.54, 1.807) is 0 Å². The lowest BCUT2D eigenvalue weighted by Gasteiger charge is -2.41. The van der Waals surface area contributed by atoms with Crippen molar-refractivity contribution in [3.05, 3.63) is 83.9 Å². The van der Waals surface area contributed by atoms with Crippen molar-refractivity contribution in [2.45, 2.75) is 70.0 Å². The maximum Gasteiger partial charge on any atom is 0.245 e. The minimum atomic E-state index is -0.719. The zero-order chi connectivity index (χ0) is 30.9. The molecule has 4 amide bonds. The lowest BCUT2D eigenvalue weighted by atomic mass is 9.75. The molecular formula is C35H44N4O5. The van der Waals surface area contributed by atoms with Crippen molar-refractivity contribution in [2.24, 2.45) is 11.3 Å². The lowest BCUT2D eigenvalue weighted by Crippen LogP contribution is -2.60. The van der Waals surface area contributed by atoms with E-state index in [9.17, 15) is 19.2 Å². The number of benzene rings is 2. The van der Waals surface area contributed by atoms with Gasteiger partial charge in [0.1, 0.15) is 12.1 Å². The van der Waals surface area contributed by atoms with Gasteiger partial charge >= 0.3 is 0 Å². The smallest absolute Gasteiger partial charge is 0.245 e. The van der Waals surface area contributed by atoms with E-state index in [0.717, 1.165) is 11.1 Å². The molecule has 3 aliphatic rings. The topological polar surface area (TPSA) is 117 Å². The number of hydrogen-bond acceptors (Lipinski definition) is 5. The zero-order valence-electron chi connectivity index (χ0n) is 25.5. The van der Waals surface area contributed by atoms with Crippen molar-refractivity contribution >= 4 is 23.6 Å². The molecule has 3 aliphatic heterocycles. The normalized spacial score (nSPS) is 25.3. The fourth-order valence-corrected chi connectivity index (χ4v) is 6.70. The van der Waals surface area contributed by atoms with E-state index in [2.05, 4.69) is 28.1 Å². The van der Waals surface area contributed by atoms with Gasteiger partial charge < -0.3 is 25.6 Å². The van der Waals surface area contributed by atoms with E-state index in [1.165, 1.54) is 6.92 Å². The molecule has 2 aromatic rings. The summed E-state index contributed by atoms with van der Waals surface area (Å²) in [4.78, 5) is 55.3. The highest BCUT2D eigenvalue weighted by atomic mass is 16.5. The van der Waals surface area contributed by atoms with Gasteiger partial charge in [-0.2, -0.15) is 0 Å². The molecule has 234 valence electrons. The van der Waals surface area contributed by atoms with Crippen LogP contribution in [0.1, 0.15) is 50.2 Å². The molecule has 1 spiro atoms. The highest BCUT2D eigenvalue weighted by molar-refractivity contribution is 5.91. The summed E-state index contributed by atoms with van der Waals surface area (Å²) in [6.45, 7) is 3.38. The van der Waals surface area contributed by atoms with Crippen LogP contribution in [0.4, 0.5) is 0 Å². The first-order valence-electron chi connectivity index (χ1n) is 15.8. The van der Waals surface area contributed by atoms with Crippen LogP contribution in [0.15, 0.2) is 72.8 Å². The first-order valence-corrected chi connectivity index (χ1v) is 15.8. The highest BCUT2D eigenvalue weighted by Gasteiger charge is 2.42. The Kier molecular flexibility index (Phi) is 10.5. The summed E-state index contributed by atoms with van der Waals surface area (Å²) in [7, 11) is 0. The molecule has 2 aromatic carbocycles. The van der Waals surface area contributed by atoms with E-state index < -0.39 is 17.5 Å². The van der Waals surface area contributed by atoms with Gasteiger partial charge in [-0.25, -0.2) is 0 Å². The van der Waals surface area contributed by atoms with Crippen molar-refractivity contribution in [3.8, 4) is 0 Å². The molecule has 3 N–H and O–H groups in total. The molecular weight excluding hydrogens is 556 g/mol. The lowest BCUT2D eigenvalue weighted by molar-refractivity contribution is -0.141. The first kappa shape index (κ1) is 31.4. The van der Waals surface area contributed by atoms with Gasteiger partial charge in [-0.1, -0.05) is 72.8 Å². The van der Waals surface area contributed by atoms with Crippen molar-refractivity contribution in [3.63, 3.8) is 0 Å². The molecule has 2 saturated heterocycles. The van der Waals surface area contributed by atoms with Gasteiger partial charge in [-0.3, -0.25) is 19.2 Å². The molecule has 9 heteroatoms. The van der Waals surface area contributed by atoms with Gasteiger partial charge in [0.25, 0.3) is 0 Å². The van der Waals surface area contributed by atoms with E-state index in [0.29, 0.717) is 71.2 Å². The SMILES string of the molecule is CC(=O)N[C@H](Cc1ccccc1)C(=O)N1CC[C@@H]2NC(=O)[C@H](Cc3ccccc3)NC(=O)C3(C/C=C/C[C@@H]2C1)CCOCC3. The Morgan fingerprint density at radius 1 is 0.977 bits per heavy atom. The van der Waals surface area contributed by atoms with E-state index in [-0.39, 0.29) is 35.6 Å². The zero-order valence-corrected chi connectivity index (χ0v) is 25.5. The van der Waals surface area contributed by atoms with Crippen molar-refractivity contribution in [1.29, 1.82) is 0 Å². The molecule has 2 fully saturated rings. The average molecular weight is 601 g/mol. The summed E-state index contributed by atoms with van der Waals surface area (Å²) >= 11 is 0. The number of likely N-dealkylation sites (tertiary alicyclic amines) is 1. The average Bonchev–Trinajstić information content (AvgIpc) is 3.03. The molecule has 0 saturated carbocycles. The fourth-order valence-electron chi connectivity index (χ4n) is 6.70. The second kappa shape index (κ2) is 14.7. The predicted molar refractivity (Wildman–Crippen MR) is 167 cm³/mol. The number of carbonyl (C=O) groups excluding carboxylic acids is 4. The number of fused-ring (bicyclic) bond motifs is 1. The van der Waals surface area contributed by atoms with Crippen LogP contribution in [-0.4, -0.2) is 73.0 Å². The third-order valence-corrected chi connectivity index (χ3v) is 9.28.